The highest BCUT2D eigenvalue weighted by molar-refractivity contribution is 5.89. The first-order chi connectivity index (χ1) is 13.1. The summed E-state index contributed by atoms with van der Waals surface area (Å²) in [6.07, 6.45) is 4.91. The first kappa shape index (κ1) is 17.3. The van der Waals surface area contributed by atoms with Gasteiger partial charge in [0.05, 0.1) is 5.69 Å². The average molecular weight is 367 g/mol. The lowest BCUT2D eigenvalue weighted by Gasteiger charge is -2.35. The van der Waals surface area contributed by atoms with Crippen LogP contribution in [0.5, 0.6) is 0 Å². The summed E-state index contributed by atoms with van der Waals surface area (Å²) >= 11 is 0. The van der Waals surface area contributed by atoms with Crippen LogP contribution in [0.3, 0.4) is 0 Å². The number of nitro groups is 1. The third kappa shape index (κ3) is 3.69. The van der Waals surface area contributed by atoms with Gasteiger partial charge in [-0.05, 0) is 58.5 Å². The normalized spacial score (nSPS) is 16.1. The Kier molecular flexibility index (Phi) is 4.62. The molecule has 140 valence electrons. The van der Waals surface area contributed by atoms with E-state index < -0.39 is 4.92 Å². The lowest BCUT2D eigenvalue weighted by Crippen LogP contribution is -2.50. The van der Waals surface area contributed by atoms with Crippen molar-refractivity contribution in [1.29, 1.82) is 0 Å². The monoisotopic (exact) mass is 367 g/mol. The largest absolute Gasteiger partial charge is 0.365 e. The van der Waals surface area contributed by atoms with Gasteiger partial charge in [-0.3, -0.25) is 0 Å². The van der Waals surface area contributed by atoms with Crippen molar-refractivity contribution in [3.05, 3.63) is 57.8 Å². The molecular weight excluding hydrogens is 346 g/mol. The summed E-state index contributed by atoms with van der Waals surface area (Å²) in [7, 11) is 0. The summed E-state index contributed by atoms with van der Waals surface area (Å²) < 4.78 is 0. The summed E-state index contributed by atoms with van der Waals surface area (Å²) in [6.45, 7) is 2.51. The molecule has 0 bridgehead atoms. The number of aromatic nitrogens is 1. The summed E-state index contributed by atoms with van der Waals surface area (Å²) in [5.41, 5.74) is 4.41. The van der Waals surface area contributed by atoms with Crippen molar-refractivity contribution >= 4 is 23.2 Å². The van der Waals surface area contributed by atoms with Gasteiger partial charge in [0.15, 0.2) is 6.20 Å². The van der Waals surface area contributed by atoms with Crippen LogP contribution >= 0.6 is 0 Å². The molecule has 2 heterocycles. The minimum absolute atomic E-state index is 0.0885. The Balaban J connectivity index is 1.33. The number of benzene rings is 1. The fourth-order valence-corrected chi connectivity index (χ4v) is 3.69. The van der Waals surface area contributed by atoms with Crippen molar-refractivity contribution < 1.29 is 9.72 Å². The predicted molar refractivity (Wildman–Crippen MR) is 102 cm³/mol. The standard InChI is InChI=1S/C19H21N5O3/c25-19(21-16-5-4-14-2-1-3-15(14)12-16)23-10-8-22(9-11-23)17-6-7-18(20-13-17)24(26)27/h4-7,12-13H,1-3,8-11H2,(H,21,25). The van der Waals surface area contributed by atoms with E-state index in [0.29, 0.717) is 26.2 Å². The zero-order valence-electron chi connectivity index (χ0n) is 14.9. The lowest BCUT2D eigenvalue weighted by molar-refractivity contribution is -0.389. The van der Waals surface area contributed by atoms with Gasteiger partial charge in [0.2, 0.25) is 0 Å². The van der Waals surface area contributed by atoms with Crippen molar-refractivity contribution in [2.75, 3.05) is 36.4 Å². The first-order valence-corrected chi connectivity index (χ1v) is 9.13. The molecule has 2 amide bonds. The molecule has 2 aromatic rings. The SMILES string of the molecule is O=C(Nc1ccc2c(c1)CCC2)N1CCN(c2ccc([N+](=O)[O-])nc2)CC1. The van der Waals surface area contributed by atoms with Crippen LogP contribution in [0.1, 0.15) is 17.5 Å². The fourth-order valence-electron chi connectivity index (χ4n) is 3.69. The maximum atomic E-state index is 12.5. The molecule has 27 heavy (non-hydrogen) atoms. The number of rotatable bonds is 3. The van der Waals surface area contributed by atoms with Crippen LogP contribution in [-0.4, -0.2) is 47.0 Å². The maximum absolute atomic E-state index is 12.5. The fraction of sp³-hybridized carbons (Fsp3) is 0.368. The van der Waals surface area contributed by atoms with Crippen molar-refractivity contribution in [3.63, 3.8) is 0 Å². The second kappa shape index (κ2) is 7.22. The molecule has 0 unspecified atom stereocenters. The Labute approximate surface area is 157 Å². The molecular formula is C19H21N5O3. The van der Waals surface area contributed by atoms with Crippen LogP contribution in [-0.2, 0) is 12.8 Å². The van der Waals surface area contributed by atoms with Gasteiger partial charge >= 0.3 is 11.8 Å². The number of amides is 2. The molecule has 0 radical (unpaired) electrons. The van der Waals surface area contributed by atoms with Crippen LogP contribution in [0, 0.1) is 10.1 Å². The molecule has 1 aromatic heterocycles. The smallest absolute Gasteiger partial charge is 0.363 e. The molecule has 0 spiro atoms. The van der Waals surface area contributed by atoms with Gasteiger partial charge in [-0.1, -0.05) is 6.07 Å². The number of hydrogen-bond acceptors (Lipinski definition) is 5. The van der Waals surface area contributed by atoms with Gasteiger partial charge in [-0.2, -0.15) is 0 Å². The number of nitrogens with one attached hydrogen (secondary N) is 1. The Morgan fingerprint density at radius 2 is 1.85 bits per heavy atom. The number of pyridine rings is 1. The van der Waals surface area contributed by atoms with E-state index in [2.05, 4.69) is 27.3 Å². The quantitative estimate of drug-likeness (QED) is 0.665. The van der Waals surface area contributed by atoms with Gasteiger partial charge in [-0.15, -0.1) is 0 Å². The zero-order chi connectivity index (χ0) is 18.8. The summed E-state index contributed by atoms with van der Waals surface area (Å²) in [5, 5.41) is 13.7. The van der Waals surface area contributed by atoms with Crippen LogP contribution in [0.15, 0.2) is 36.5 Å². The number of anilines is 2. The minimum Gasteiger partial charge on any atom is -0.365 e. The Morgan fingerprint density at radius 3 is 2.56 bits per heavy atom. The third-order valence-electron chi connectivity index (χ3n) is 5.20. The van der Waals surface area contributed by atoms with Crippen molar-refractivity contribution in [2.45, 2.75) is 19.3 Å². The molecule has 1 aliphatic heterocycles. The van der Waals surface area contributed by atoms with Crippen molar-refractivity contribution in [1.82, 2.24) is 9.88 Å². The van der Waals surface area contributed by atoms with Gasteiger partial charge in [0, 0.05) is 37.9 Å². The molecule has 8 heteroatoms. The molecule has 1 fully saturated rings. The molecule has 1 aliphatic carbocycles. The summed E-state index contributed by atoms with van der Waals surface area (Å²) in [5.74, 6) is -0.161. The van der Waals surface area contributed by atoms with E-state index in [0.717, 1.165) is 24.2 Å². The number of aryl methyl sites for hydroxylation is 2. The molecule has 1 aromatic carbocycles. The third-order valence-corrected chi connectivity index (χ3v) is 5.20. The van der Waals surface area contributed by atoms with Gasteiger partial charge < -0.3 is 25.2 Å². The maximum Gasteiger partial charge on any atom is 0.363 e. The van der Waals surface area contributed by atoms with E-state index in [1.165, 1.54) is 29.8 Å². The molecule has 2 aliphatic rings. The van der Waals surface area contributed by atoms with E-state index in [4.69, 9.17) is 0 Å². The van der Waals surface area contributed by atoms with Gasteiger partial charge in [0.25, 0.3) is 0 Å². The topological polar surface area (TPSA) is 91.6 Å². The van der Waals surface area contributed by atoms with Crippen molar-refractivity contribution in [2.24, 2.45) is 0 Å². The van der Waals surface area contributed by atoms with Crippen molar-refractivity contribution in [3.8, 4) is 0 Å². The summed E-state index contributed by atoms with van der Waals surface area (Å²) in [6, 6.07) is 9.18. The molecule has 4 rings (SSSR count). The summed E-state index contributed by atoms with van der Waals surface area (Å²) in [4.78, 5) is 30.5. The predicted octanol–water partition coefficient (Wildman–Crippen LogP) is 2.83. The van der Waals surface area contributed by atoms with E-state index in [9.17, 15) is 14.9 Å². The Bertz CT molecular complexity index is 860. The highest BCUT2D eigenvalue weighted by Crippen LogP contribution is 2.25. The number of carbonyl (C=O) groups excluding carboxylic acids is 1. The van der Waals surface area contributed by atoms with Gasteiger partial charge in [0.1, 0.15) is 0 Å². The van der Waals surface area contributed by atoms with Crippen LogP contribution in [0.2, 0.25) is 0 Å². The molecule has 1 saturated heterocycles. The van der Waals surface area contributed by atoms with Crippen LogP contribution < -0.4 is 10.2 Å². The highest BCUT2D eigenvalue weighted by Gasteiger charge is 2.23. The van der Waals surface area contributed by atoms with E-state index >= 15 is 0 Å². The first-order valence-electron chi connectivity index (χ1n) is 9.13. The number of nitrogens with zero attached hydrogens (tertiary/aromatic N) is 4. The van der Waals surface area contributed by atoms with E-state index in [1.54, 1.807) is 11.0 Å². The van der Waals surface area contributed by atoms with E-state index in [-0.39, 0.29) is 11.8 Å². The number of piperazine rings is 1. The highest BCUT2D eigenvalue weighted by atomic mass is 16.6. The molecule has 0 atom stereocenters. The zero-order valence-corrected chi connectivity index (χ0v) is 14.9. The number of hydrogen-bond donors (Lipinski definition) is 1. The number of urea groups is 1. The number of fused-ring (bicyclic) bond motifs is 1. The molecule has 0 saturated carbocycles. The number of carbonyl (C=O) groups is 1. The Hall–Kier alpha value is -3.16. The van der Waals surface area contributed by atoms with Crippen LogP contribution in [0.25, 0.3) is 0 Å². The second-order valence-electron chi connectivity index (χ2n) is 6.87. The van der Waals surface area contributed by atoms with E-state index in [1.807, 2.05) is 6.07 Å². The second-order valence-corrected chi connectivity index (χ2v) is 6.87. The average Bonchev–Trinajstić information content (AvgIpc) is 3.16. The minimum atomic E-state index is -0.509. The molecule has 8 nitrogen and oxygen atoms in total. The Morgan fingerprint density at radius 1 is 1.07 bits per heavy atom. The lowest BCUT2D eigenvalue weighted by atomic mass is 10.1. The molecule has 1 N–H and O–H groups in total. The van der Waals surface area contributed by atoms with Crippen LogP contribution in [0.4, 0.5) is 22.0 Å². The van der Waals surface area contributed by atoms with Gasteiger partial charge in [-0.25, -0.2) is 4.79 Å².